The molecule has 0 saturated carbocycles. The van der Waals surface area contributed by atoms with E-state index in [-0.39, 0.29) is 5.75 Å². The number of rotatable bonds is 8. The van der Waals surface area contributed by atoms with Crippen molar-refractivity contribution in [2.24, 2.45) is 10.9 Å². The molecule has 1 heterocycles. The van der Waals surface area contributed by atoms with E-state index in [1.165, 1.54) is 6.42 Å². The third-order valence-corrected chi connectivity index (χ3v) is 5.37. The standard InChI is InChI=1S/C14H30N4O2S/c1-4-15-14(16-8-5-7-13(2)3)17-9-11-18-10-6-12-21(18,19)20/h13H,4-12H2,1-3H3,(H2,15,16,17). The molecule has 0 amide bonds. The molecular formula is C14H30N4O2S. The van der Waals surface area contributed by atoms with Gasteiger partial charge in [-0.1, -0.05) is 13.8 Å². The Balaban J connectivity index is 2.31. The fourth-order valence-electron chi connectivity index (χ4n) is 2.27. The maximum absolute atomic E-state index is 11.7. The van der Waals surface area contributed by atoms with Crippen molar-refractivity contribution in [1.82, 2.24) is 14.9 Å². The fraction of sp³-hybridized carbons (Fsp3) is 0.929. The van der Waals surface area contributed by atoms with Gasteiger partial charge in [0.2, 0.25) is 10.0 Å². The fourth-order valence-corrected chi connectivity index (χ4v) is 3.80. The summed E-state index contributed by atoms with van der Waals surface area (Å²) < 4.78 is 24.9. The van der Waals surface area contributed by atoms with Crippen molar-refractivity contribution in [3.05, 3.63) is 0 Å². The summed E-state index contributed by atoms with van der Waals surface area (Å²) in [6, 6.07) is 0. The second-order valence-corrected chi connectivity index (χ2v) is 7.88. The van der Waals surface area contributed by atoms with Crippen LogP contribution in [-0.4, -0.2) is 57.2 Å². The first-order valence-corrected chi connectivity index (χ1v) is 9.56. The summed E-state index contributed by atoms with van der Waals surface area (Å²) in [4.78, 5) is 4.51. The summed E-state index contributed by atoms with van der Waals surface area (Å²) in [6.45, 7) is 9.80. The summed E-state index contributed by atoms with van der Waals surface area (Å²) in [5.41, 5.74) is 0. The molecule has 7 heteroatoms. The third kappa shape index (κ3) is 7.13. The van der Waals surface area contributed by atoms with Gasteiger partial charge in [0, 0.05) is 32.7 Å². The molecule has 1 aliphatic heterocycles. The van der Waals surface area contributed by atoms with Crippen LogP contribution in [0.1, 0.15) is 40.0 Å². The molecule has 0 aromatic rings. The molecule has 1 aliphatic rings. The molecule has 0 atom stereocenters. The predicted molar refractivity (Wildman–Crippen MR) is 88.0 cm³/mol. The molecule has 21 heavy (non-hydrogen) atoms. The van der Waals surface area contributed by atoms with E-state index < -0.39 is 10.0 Å². The molecule has 0 aliphatic carbocycles. The SMILES string of the molecule is CCNC(=NCCCC(C)C)NCCN1CCCS1(=O)=O. The maximum Gasteiger partial charge on any atom is 0.214 e. The minimum atomic E-state index is -2.99. The topological polar surface area (TPSA) is 73.8 Å². The monoisotopic (exact) mass is 318 g/mol. The highest BCUT2D eigenvalue weighted by molar-refractivity contribution is 7.89. The summed E-state index contributed by atoms with van der Waals surface area (Å²) in [5.74, 6) is 1.77. The molecular weight excluding hydrogens is 288 g/mol. The van der Waals surface area contributed by atoms with Crippen LogP contribution in [0.5, 0.6) is 0 Å². The maximum atomic E-state index is 11.7. The first-order valence-electron chi connectivity index (χ1n) is 7.95. The number of guanidine groups is 1. The van der Waals surface area contributed by atoms with Crippen LogP contribution in [0.15, 0.2) is 4.99 Å². The van der Waals surface area contributed by atoms with E-state index in [9.17, 15) is 8.42 Å². The Morgan fingerprint density at radius 1 is 1.33 bits per heavy atom. The van der Waals surface area contributed by atoms with Gasteiger partial charge in [-0.25, -0.2) is 12.7 Å². The van der Waals surface area contributed by atoms with E-state index in [1.807, 2.05) is 6.92 Å². The molecule has 124 valence electrons. The highest BCUT2D eigenvalue weighted by atomic mass is 32.2. The van der Waals surface area contributed by atoms with Gasteiger partial charge >= 0.3 is 0 Å². The number of nitrogens with zero attached hydrogens (tertiary/aromatic N) is 2. The molecule has 6 nitrogen and oxygen atoms in total. The Bertz CT molecular complexity index is 421. The molecule has 2 N–H and O–H groups in total. The van der Waals surface area contributed by atoms with Crippen molar-refractivity contribution < 1.29 is 8.42 Å². The molecule has 0 aromatic carbocycles. The number of nitrogens with one attached hydrogen (secondary N) is 2. The van der Waals surface area contributed by atoms with Crippen LogP contribution in [-0.2, 0) is 10.0 Å². The highest BCUT2D eigenvalue weighted by Gasteiger charge is 2.27. The first kappa shape index (κ1) is 18.2. The average Bonchev–Trinajstić information content (AvgIpc) is 2.73. The second kappa shape index (κ2) is 9.25. The van der Waals surface area contributed by atoms with E-state index in [1.54, 1.807) is 4.31 Å². The van der Waals surface area contributed by atoms with Crippen LogP contribution in [0.25, 0.3) is 0 Å². The van der Waals surface area contributed by atoms with E-state index in [0.717, 1.165) is 31.9 Å². The van der Waals surface area contributed by atoms with Gasteiger partial charge in [-0.15, -0.1) is 0 Å². The Morgan fingerprint density at radius 2 is 2.10 bits per heavy atom. The van der Waals surface area contributed by atoms with E-state index in [4.69, 9.17) is 0 Å². The van der Waals surface area contributed by atoms with Gasteiger partial charge in [0.25, 0.3) is 0 Å². The Hall–Kier alpha value is -0.820. The molecule has 0 spiro atoms. The lowest BCUT2D eigenvalue weighted by Crippen LogP contribution is -2.42. The van der Waals surface area contributed by atoms with Crippen LogP contribution < -0.4 is 10.6 Å². The zero-order chi connectivity index (χ0) is 15.7. The normalized spacial score (nSPS) is 19.1. The van der Waals surface area contributed by atoms with Gasteiger partial charge in [0.15, 0.2) is 5.96 Å². The van der Waals surface area contributed by atoms with Crippen molar-refractivity contribution in [3.63, 3.8) is 0 Å². The predicted octanol–water partition coefficient (Wildman–Crippen LogP) is 1.01. The average molecular weight is 318 g/mol. The summed E-state index contributed by atoms with van der Waals surface area (Å²) in [6.07, 6.45) is 3.00. The van der Waals surface area contributed by atoms with E-state index in [2.05, 4.69) is 29.5 Å². The zero-order valence-electron chi connectivity index (χ0n) is 13.6. The van der Waals surface area contributed by atoms with Crippen LogP contribution in [0.2, 0.25) is 0 Å². The lowest BCUT2D eigenvalue weighted by atomic mass is 10.1. The minimum Gasteiger partial charge on any atom is -0.357 e. The first-order chi connectivity index (χ1) is 9.95. The third-order valence-electron chi connectivity index (χ3n) is 3.41. The van der Waals surface area contributed by atoms with E-state index >= 15 is 0 Å². The van der Waals surface area contributed by atoms with Crippen LogP contribution >= 0.6 is 0 Å². The minimum absolute atomic E-state index is 0.288. The number of hydrogen-bond acceptors (Lipinski definition) is 3. The summed E-state index contributed by atoms with van der Waals surface area (Å²) in [5, 5.41) is 6.39. The van der Waals surface area contributed by atoms with Crippen molar-refractivity contribution in [1.29, 1.82) is 0 Å². The molecule has 1 rings (SSSR count). The van der Waals surface area contributed by atoms with Gasteiger partial charge in [0.05, 0.1) is 5.75 Å². The Morgan fingerprint density at radius 3 is 2.67 bits per heavy atom. The lowest BCUT2D eigenvalue weighted by molar-refractivity contribution is 0.445. The molecule has 1 saturated heterocycles. The Kier molecular flexibility index (Phi) is 8.03. The van der Waals surface area contributed by atoms with Crippen molar-refractivity contribution in [2.75, 3.05) is 38.5 Å². The second-order valence-electron chi connectivity index (χ2n) is 5.79. The van der Waals surface area contributed by atoms with E-state index in [0.29, 0.717) is 25.6 Å². The largest absolute Gasteiger partial charge is 0.357 e. The molecule has 0 bridgehead atoms. The quantitative estimate of drug-likeness (QED) is 0.398. The highest BCUT2D eigenvalue weighted by Crippen LogP contribution is 2.11. The molecule has 1 fully saturated rings. The number of hydrogen-bond donors (Lipinski definition) is 2. The smallest absolute Gasteiger partial charge is 0.214 e. The Labute approximate surface area is 129 Å². The van der Waals surface area contributed by atoms with Crippen molar-refractivity contribution in [3.8, 4) is 0 Å². The number of aliphatic imine (C=N–C) groups is 1. The van der Waals surface area contributed by atoms with Crippen molar-refractivity contribution >= 4 is 16.0 Å². The molecule has 0 radical (unpaired) electrons. The zero-order valence-corrected chi connectivity index (χ0v) is 14.4. The van der Waals surface area contributed by atoms with Crippen LogP contribution in [0.4, 0.5) is 0 Å². The molecule has 0 aromatic heterocycles. The van der Waals surface area contributed by atoms with Crippen LogP contribution in [0, 0.1) is 5.92 Å². The molecule has 0 unspecified atom stereocenters. The van der Waals surface area contributed by atoms with Gasteiger partial charge < -0.3 is 10.6 Å². The van der Waals surface area contributed by atoms with Gasteiger partial charge in [-0.2, -0.15) is 0 Å². The van der Waals surface area contributed by atoms with Gasteiger partial charge in [-0.3, -0.25) is 4.99 Å². The van der Waals surface area contributed by atoms with Crippen LogP contribution in [0.3, 0.4) is 0 Å². The van der Waals surface area contributed by atoms with Gasteiger partial charge in [-0.05, 0) is 32.1 Å². The number of sulfonamides is 1. The summed E-state index contributed by atoms with van der Waals surface area (Å²) in [7, 11) is -2.99. The summed E-state index contributed by atoms with van der Waals surface area (Å²) >= 11 is 0. The van der Waals surface area contributed by atoms with Crippen molar-refractivity contribution in [2.45, 2.75) is 40.0 Å². The lowest BCUT2D eigenvalue weighted by Gasteiger charge is -2.16. The van der Waals surface area contributed by atoms with Gasteiger partial charge in [0.1, 0.15) is 0 Å².